The van der Waals surface area contributed by atoms with Crippen LogP contribution >= 0.6 is 15.9 Å². The predicted octanol–water partition coefficient (Wildman–Crippen LogP) is 4.72. The number of para-hydroxylation sites is 1. The van der Waals surface area contributed by atoms with Crippen LogP contribution in [0, 0.1) is 0 Å². The standard InChI is InChI=1S/C16H18BrNO/c1-16(2,3)14-6-4-5-7-15(14)19-11-12-8-13(17)10-18-9-12/h4-10H,11H2,1-3H3. The molecular weight excluding hydrogens is 302 g/mol. The maximum Gasteiger partial charge on any atom is 0.123 e. The molecule has 2 rings (SSSR count). The van der Waals surface area contributed by atoms with E-state index in [4.69, 9.17) is 4.74 Å². The van der Waals surface area contributed by atoms with Crippen molar-refractivity contribution in [2.24, 2.45) is 0 Å². The summed E-state index contributed by atoms with van der Waals surface area (Å²) < 4.78 is 6.91. The van der Waals surface area contributed by atoms with Crippen LogP contribution in [0.1, 0.15) is 31.9 Å². The summed E-state index contributed by atoms with van der Waals surface area (Å²) in [7, 11) is 0. The van der Waals surface area contributed by atoms with Gasteiger partial charge in [-0.15, -0.1) is 0 Å². The molecular formula is C16H18BrNO. The van der Waals surface area contributed by atoms with E-state index in [9.17, 15) is 0 Å². The average molecular weight is 320 g/mol. The molecule has 2 aromatic rings. The number of hydrogen-bond acceptors (Lipinski definition) is 2. The molecule has 0 saturated heterocycles. The number of halogens is 1. The van der Waals surface area contributed by atoms with Crippen LogP contribution in [0.3, 0.4) is 0 Å². The molecule has 1 aromatic carbocycles. The lowest BCUT2D eigenvalue weighted by Crippen LogP contribution is -2.13. The van der Waals surface area contributed by atoms with Gasteiger partial charge in [-0.25, -0.2) is 0 Å². The van der Waals surface area contributed by atoms with Crippen molar-refractivity contribution in [3.8, 4) is 5.75 Å². The van der Waals surface area contributed by atoms with E-state index in [-0.39, 0.29) is 5.41 Å². The molecule has 0 spiro atoms. The smallest absolute Gasteiger partial charge is 0.123 e. The van der Waals surface area contributed by atoms with Crippen LogP contribution in [0.5, 0.6) is 5.75 Å². The molecule has 1 aromatic heterocycles. The fraction of sp³-hybridized carbons (Fsp3) is 0.312. The number of nitrogens with zero attached hydrogens (tertiary/aromatic N) is 1. The van der Waals surface area contributed by atoms with E-state index < -0.39 is 0 Å². The van der Waals surface area contributed by atoms with Crippen molar-refractivity contribution in [1.82, 2.24) is 4.98 Å². The zero-order chi connectivity index (χ0) is 13.9. The minimum absolute atomic E-state index is 0.0755. The summed E-state index contributed by atoms with van der Waals surface area (Å²) in [6, 6.07) is 10.2. The molecule has 0 aliphatic rings. The minimum Gasteiger partial charge on any atom is -0.489 e. The van der Waals surface area contributed by atoms with E-state index >= 15 is 0 Å². The Balaban J connectivity index is 2.16. The van der Waals surface area contributed by atoms with E-state index in [2.05, 4.69) is 47.8 Å². The van der Waals surface area contributed by atoms with Gasteiger partial charge < -0.3 is 4.74 Å². The second-order valence-corrected chi connectivity index (χ2v) is 6.46. The van der Waals surface area contributed by atoms with E-state index in [1.165, 1.54) is 5.56 Å². The Morgan fingerprint density at radius 3 is 2.58 bits per heavy atom. The predicted molar refractivity (Wildman–Crippen MR) is 81.4 cm³/mol. The Morgan fingerprint density at radius 2 is 1.89 bits per heavy atom. The van der Waals surface area contributed by atoms with Gasteiger partial charge in [-0.3, -0.25) is 4.98 Å². The monoisotopic (exact) mass is 319 g/mol. The fourth-order valence-electron chi connectivity index (χ4n) is 1.91. The Kier molecular flexibility index (Phi) is 4.25. The lowest BCUT2D eigenvalue weighted by atomic mass is 9.86. The van der Waals surface area contributed by atoms with Gasteiger partial charge in [-0.2, -0.15) is 0 Å². The Bertz CT molecular complexity index is 561. The molecule has 0 aliphatic heterocycles. The van der Waals surface area contributed by atoms with Crippen molar-refractivity contribution >= 4 is 15.9 Å². The first kappa shape index (κ1) is 14.1. The molecule has 0 radical (unpaired) electrons. The highest BCUT2D eigenvalue weighted by Gasteiger charge is 2.18. The van der Waals surface area contributed by atoms with Crippen LogP contribution in [-0.4, -0.2) is 4.98 Å². The number of rotatable bonds is 3. The number of pyridine rings is 1. The molecule has 0 fully saturated rings. The van der Waals surface area contributed by atoms with Gasteiger partial charge in [-0.1, -0.05) is 39.0 Å². The molecule has 0 atom stereocenters. The Morgan fingerprint density at radius 1 is 1.16 bits per heavy atom. The third-order valence-corrected chi connectivity index (χ3v) is 3.28. The number of benzene rings is 1. The van der Waals surface area contributed by atoms with Gasteiger partial charge in [0.2, 0.25) is 0 Å². The molecule has 0 saturated carbocycles. The van der Waals surface area contributed by atoms with Crippen LogP contribution < -0.4 is 4.74 Å². The summed E-state index contributed by atoms with van der Waals surface area (Å²) in [6.07, 6.45) is 3.59. The van der Waals surface area contributed by atoms with Crippen LogP contribution in [0.4, 0.5) is 0 Å². The number of hydrogen-bond donors (Lipinski definition) is 0. The highest BCUT2D eigenvalue weighted by atomic mass is 79.9. The van der Waals surface area contributed by atoms with Gasteiger partial charge in [0.25, 0.3) is 0 Å². The van der Waals surface area contributed by atoms with Gasteiger partial charge in [0.15, 0.2) is 0 Å². The SMILES string of the molecule is CC(C)(C)c1ccccc1OCc1cncc(Br)c1. The van der Waals surface area contributed by atoms with Gasteiger partial charge >= 0.3 is 0 Å². The normalized spacial score (nSPS) is 11.4. The zero-order valence-electron chi connectivity index (χ0n) is 11.5. The number of aromatic nitrogens is 1. The molecule has 0 N–H and O–H groups in total. The largest absolute Gasteiger partial charge is 0.489 e. The second kappa shape index (κ2) is 5.74. The fourth-order valence-corrected chi connectivity index (χ4v) is 2.32. The Labute approximate surface area is 123 Å². The van der Waals surface area contributed by atoms with Crippen molar-refractivity contribution in [3.05, 3.63) is 58.3 Å². The van der Waals surface area contributed by atoms with E-state index in [0.717, 1.165) is 15.8 Å². The molecule has 0 bridgehead atoms. The van der Waals surface area contributed by atoms with E-state index in [1.807, 2.05) is 30.5 Å². The highest BCUT2D eigenvalue weighted by Crippen LogP contribution is 2.31. The number of ether oxygens (including phenoxy) is 1. The maximum absolute atomic E-state index is 5.94. The van der Waals surface area contributed by atoms with E-state index in [1.54, 1.807) is 6.20 Å². The van der Waals surface area contributed by atoms with Crippen LogP contribution in [0.25, 0.3) is 0 Å². The zero-order valence-corrected chi connectivity index (χ0v) is 13.1. The first-order valence-electron chi connectivity index (χ1n) is 6.28. The topological polar surface area (TPSA) is 22.1 Å². The average Bonchev–Trinajstić information content (AvgIpc) is 2.36. The van der Waals surface area contributed by atoms with Gasteiger partial charge in [0.05, 0.1) is 0 Å². The van der Waals surface area contributed by atoms with Crippen molar-refractivity contribution in [2.45, 2.75) is 32.8 Å². The third-order valence-electron chi connectivity index (χ3n) is 2.85. The molecule has 1 heterocycles. The van der Waals surface area contributed by atoms with Crippen molar-refractivity contribution in [3.63, 3.8) is 0 Å². The summed E-state index contributed by atoms with van der Waals surface area (Å²) in [6.45, 7) is 7.10. The molecule has 3 heteroatoms. The molecule has 19 heavy (non-hydrogen) atoms. The van der Waals surface area contributed by atoms with Gasteiger partial charge in [-0.05, 0) is 39.0 Å². The summed E-state index contributed by atoms with van der Waals surface area (Å²) >= 11 is 3.42. The van der Waals surface area contributed by atoms with Gasteiger partial charge in [0, 0.05) is 22.4 Å². The first-order chi connectivity index (χ1) is 8.97. The lowest BCUT2D eigenvalue weighted by Gasteiger charge is -2.22. The van der Waals surface area contributed by atoms with E-state index in [0.29, 0.717) is 6.61 Å². The molecule has 100 valence electrons. The van der Waals surface area contributed by atoms with Crippen LogP contribution in [0.15, 0.2) is 47.2 Å². The Hall–Kier alpha value is -1.35. The second-order valence-electron chi connectivity index (χ2n) is 5.55. The lowest BCUT2D eigenvalue weighted by molar-refractivity contribution is 0.297. The van der Waals surface area contributed by atoms with Crippen molar-refractivity contribution in [1.29, 1.82) is 0 Å². The van der Waals surface area contributed by atoms with Gasteiger partial charge in [0.1, 0.15) is 12.4 Å². The van der Waals surface area contributed by atoms with Crippen molar-refractivity contribution < 1.29 is 4.74 Å². The van der Waals surface area contributed by atoms with Crippen LogP contribution in [-0.2, 0) is 12.0 Å². The summed E-state index contributed by atoms with van der Waals surface area (Å²) in [5.41, 5.74) is 2.35. The van der Waals surface area contributed by atoms with Crippen molar-refractivity contribution in [2.75, 3.05) is 0 Å². The molecule has 0 unspecified atom stereocenters. The third kappa shape index (κ3) is 3.80. The molecule has 2 nitrogen and oxygen atoms in total. The summed E-state index contributed by atoms with van der Waals surface area (Å²) in [4.78, 5) is 4.14. The molecule has 0 aliphatic carbocycles. The first-order valence-corrected chi connectivity index (χ1v) is 7.08. The maximum atomic E-state index is 5.94. The summed E-state index contributed by atoms with van der Waals surface area (Å²) in [5, 5.41) is 0. The quantitative estimate of drug-likeness (QED) is 0.816. The van der Waals surface area contributed by atoms with Crippen LogP contribution in [0.2, 0.25) is 0 Å². The summed E-state index contributed by atoms with van der Waals surface area (Å²) in [5.74, 6) is 0.940. The minimum atomic E-state index is 0.0755. The molecule has 0 amide bonds. The highest BCUT2D eigenvalue weighted by molar-refractivity contribution is 9.10.